The Bertz CT molecular complexity index is 450. The molecule has 0 radical (unpaired) electrons. The smallest absolute Gasteiger partial charge is 0.242 e. The normalized spacial score (nSPS) is 12.2. The van der Waals surface area contributed by atoms with Crippen LogP contribution in [-0.4, -0.2) is 35.6 Å². The highest BCUT2D eigenvalue weighted by Crippen LogP contribution is 2.10. The Labute approximate surface area is 119 Å². The number of methoxy groups -OCH3 is 1. The average molecular weight is 281 g/mol. The third-order valence-electron chi connectivity index (χ3n) is 2.51. The molecule has 0 fully saturated rings. The Balaban J connectivity index is 2.65. The van der Waals surface area contributed by atoms with Gasteiger partial charge < -0.3 is 21.1 Å². The Morgan fingerprint density at radius 3 is 2.70 bits per heavy atom. The number of hydrogen-bond donors (Lipinski definition) is 3. The molecule has 112 valence electrons. The largest absolute Gasteiger partial charge is 0.384 e. The lowest BCUT2D eigenvalue weighted by Crippen LogP contribution is -2.39. The van der Waals surface area contributed by atoms with Crippen molar-refractivity contribution in [3.63, 3.8) is 0 Å². The summed E-state index contributed by atoms with van der Waals surface area (Å²) in [4.78, 5) is 20.1. The predicted molar refractivity (Wildman–Crippen MR) is 78.1 cm³/mol. The first-order valence-electron chi connectivity index (χ1n) is 6.59. The van der Waals surface area contributed by atoms with E-state index in [1.54, 1.807) is 20.1 Å². The molecule has 0 aromatic carbocycles. The number of nitrogen functional groups attached to an aromatic ring is 1. The standard InChI is InChI=1S/C13H23N5O2/c1-8(2)6-15-13(19)9(3)16-11-5-10(14)17-12(18-11)7-20-4/h5,8-9H,6-7H2,1-4H3,(H,15,19)(H3,14,16,17,18). The monoisotopic (exact) mass is 281 g/mol. The summed E-state index contributed by atoms with van der Waals surface area (Å²) in [5.41, 5.74) is 5.69. The van der Waals surface area contributed by atoms with Gasteiger partial charge in [0.2, 0.25) is 5.91 Å². The number of nitrogens with two attached hydrogens (primary N) is 1. The molecule has 0 aliphatic heterocycles. The molecule has 1 amide bonds. The van der Waals surface area contributed by atoms with E-state index in [9.17, 15) is 4.79 Å². The highest BCUT2D eigenvalue weighted by molar-refractivity contribution is 5.83. The summed E-state index contributed by atoms with van der Waals surface area (Å²) in [6, 6.07) is 1.18. The topological polar surface area (TPSA) is 102 Å². The first-order chi connectivity index (χ1) is 9.42. The van der Waals surface area contributed by atoms with Gasteiger partial charge in [0.15, 0.2) is 5.82 Å². The van der Waals surface area contributed by atoms with Crippen LogP contribution in [0.4, 0.5) is 11.6 Å². The van der Waals surface area contributed by atoms with E-state index in [4.69, 9.17) is 10.5 Å². The zero-order valence-corrected chi connectivity index (χ0v) is 12.4. The minimum absolute atomic E-state index is 0.0795. The molecule has 0 bridgehead atoms. The quantitative estimate of drug-likeness (QED) is 0.682. The Hall–Kier alpha value is -1.89. The third kappa shape index (κ3) is 5.40. The highest BCUT2D eigenvalue weighted by Gasteiger charge is 2.14. The second-order valence-corrected chi connectivity index (χ2v) is 5.03. The number of aromatic nitrogens is 2. The first kappa shape index (κ1) is 16.2. The van der Waals surface area contributed by atoms with Crippen molar-refractivity contribution < 1.29 is 9.53 Å². The van der Waals surface area contributed by atoms with Gasteiger partial charge in [0.05, 0.1) is 0 Å². The van der Waals surface area contributed by atoms with Crippen molar-refractivity contribution in [1.29, 1.82) is 0 Å². The van der Waals surface area contributed by atoms with E-state index in [0.29, 0.717) is 29.9 Å². The molecule has 1 unspecified atom stereocenters. The van der Waals surface area contributed by atoms with Crippen molar-refractivity contribution in [1.82, 2.24) is 15.3 Å². The first-order valence-corrected chi connectivity index (χ1v) is 6.59. The fourth-order valence-corrected chi connectivity index (χ4v) is 1.53. The molecule has 4 N–H and O–H groups in total. The number of carbonyl (C=O) groups excluding carboxylic acids is 1. The summed E-state index contributed by atoms with van der Waals surface area (Å²) in [6.45, 7) is 6.77. The fraction of sp³-hybridized carbons (Fsp3) is 0.615. The molecule has 1 heterocycles. The number of ether oxygens (including phenoxy) is 1. The molecular formula is C13H23N5O2. The van der Waals surface area contributed by atoms with Gasteiger partial charge in [-0.3, -0.25) is 4.79 Å². The van der Waals surface area contributed by atoms with Gasteiger partial charge >= 0.3 is 0 Å². The van der Waals surface area contributed by atoms with Gasteiger partial charge in [-0.15, -0.1) is 0 Å². The SMILES string of the molecule is COCc1nc(N)cc(NC(C)C(=O)NCC(C)C)n1. The third-order valence-corrected chi connectivity index (χ3v) is 2.51. The van der Waals surface area contributed by atoms with Gasteiger partial charge in [-0.05, 0) is 12.8 Å². The van der Waals surface area contributed by atoms with E-state index in [1.165, 1.54) is 0 Å². The van der Waals surface area contributed by atoms with Crippen molar-refractivity contribution in [2.45, 2.75) is 33.4 Å². The zero-order chi connectivity index (χ0) is 15.1. The van der Waals surface area contributed by atoms with Gasteiger partial charge in [0.1, 0.15) is 24.3 Å². The molecule has 0 spiro atoms. The van der Waals surface area contributed by atoms with Crippen LogP contribution in [0.2, 0.25) is 0 Å². The van der Waals surface area contributed by atoms with E-state index >= 15 is 0 Å². The van der Waals surface area contributed by atoms with Crippen LogP contribution in [-0.2, 0) is 16.1 Å². The van der Waals surface area contributed by atoms with E-state index in [2.05, 4.69) is 20.6 Å². The fourth-order valence-electron chi connectivity index (χ4n) is 1.53. The van der Waals surface area contributed by atoms with Gasteiger partial charge in [-0.1, -0.05) is 13.8 Å². The molecule has 0 saturated carbocycles. The summed E-state index contributed by atoms with van der Waals surface area (Å²) in [7, 11) is 1.56. The van der Waals surface area contributed by atoms with Crippen molar-refractivity contribution in [3.05, 3.63) is 11.9 Å². The maximum Gasteiger partial charge on any atom is 0.242 e. The number of hydrogen-bond acceptors (Lipinski definition) is 6. The van der Waals surface area contributed by atoms with Crippen LogP contribution in [0.25, 0.3) is 0 Å². The van der Waals surface area contributed by atoms with Crippen molar-refractivity contribution in [2.75, 3.05) is 24.7 Å². The van der Waals surface area contributed by atoms with Crippen LogP contribution in [0.15, 0.2) is 6.07 Å². The molecule has 1 aromatic heterocycles. The molecule has 0 saturated heterocycles. The summed E-state index contributed by atoms with van der Waals surface area (Å²) in [5.74, 6) is 1.66. The molecule has 20 heavy (non-hydrogen) atoms. The zero-order valence-electron chi connectivity index (χ0n) is 12.4. The summed E-state index contributed by atoms with van der Waals surface area (Å²) in [5, 5.41) is 5.86. The van der Waals surface area contributed by atoms with Crippen molar-refractivity contribution >= 4 is 17.5 Å². The van der Waals surface area contributed by atoms with Crippen LogP contribution >= 0.6 is 0 Å². The maximum atomic E-state index is 11.9. The Morgan fingerprint density at radius 2 is 2.10 bits per heavy atom. The Morgan fingerprint density at radius 1 is 1.40 bits per heavy atom. The molecule has 1 rings (SSSR count). The minimum atomic E-state index is -0.404. The van der Waals surface area contributed by atoms with E-state index in [0.717, 1.165) is 0 Å². The minimum Gasteiger partial charge on any atom is -0.384 e. The maximum absolute atomic E-state index is 11.9. The summed E-state index contributed by atoms with van der Waals surface area (Å²) in [6.07, 6.45) is 0. The van der Waals surface area contributed by atoms with E-state index in [1.807, 2.05) is 13.8 Å². The molecule has 7 nitrogen and oxygen atoms in total. The molecule has 1 atom stereocenters. The summed E-state index contributed by atoms with van der Waals surface area (Å²) < 4.78 is 4.97. The lowest BCUT2D eigenvalue weighted by Gasteiger charge is -2.16. The lowest BCUT2D eigenvalue weighted by atomic mass is 10.2. The summed E-state index contributed by atoms with van der Waals surface area (Å²) >= 11 is 0. The number of amides is 1. The van der Waals surface area contributed by atoms with Crippen LogP contribution < -0.4 is 16.4 Å². The van der Waals surface area contributed by atoms with Gasteiger partial charge in [-0.25, -0.2) is 9.97 Å². The second-order valence-electron chi connectivity index (χ2n) is 5.03. The lowest BCUT2D eigenvalue weighted by molar-refractivity contribution is -0.121. The molecule has 0 aliphatic carbocycles. The van der Waals surface area contributed by atoms with Crippen LogP contribution in [0.5, 0.6) is 0 Å². The van der Waals surface area contributed by atoms with Gasteiger partial charge in [-0.2, -0.15) is 0 Å². The molecular weight excluding hydrogens is 258 g/mol. The second kappa shape index (κ2) is 7.64. The van der Waals surface area contributed by atoms with Crippen LogP contribution in [0.3, 0.4) is 0 Å². The van der Waals surface area contributed by atoms with E-state index in [-0.39, 0.29) is 12.5 Å². The molecule has 0 aliphatic rings. The van der Waals surface area contributed by atoms with Gasteiger partial charge in [0.25, 0.3) is 0 Å². The number of anilines is 2. The van der Waals surface area contributed by atoms with Crippen LogP contribution in [0, 0.1) is 5.92 Å². The average Bonchev–Trinajstić information content (AvgIpc) is 2.35. The predicted octanol–water partition coefficient (Wildman–Crippen LogP) is 0.778. The highest BCUT2D eigenvalue weighted by atomic mass is 16.5. The molecule has 1 aromatic rings. The van der Waals surface area contributed by atoms with Crippen molar-refractivity contribution in [3.8, 4) is 0 Å². The number of nitrogens with zero attached hydrogens (tertiary/aromatic N) is 2. The number of rotatable bonds is 7. The van der Waals surface area contributed by atoms with Crippen LogP contribution in [0.1, 0.15) is 26.6 Å². The van der Waals surface area contributed by atoms with E-state index < -0.39 is 6.04 Å². The Kier molecular flexibility index (Phi) is 6.17. The number of nitrogens with one attached hydrogen (secondary N) is 2. The number of carbonyl (C=O) groups is 1. The van der Waals surface area contributed by atoms with Gasteiger partial charge in [0, 0.05) is 19.7 Å². The molecule has 7 heteroatoms. The van der Waals surface area contributed by atoms with Crippen molar-refractivity contribution in [2.24, 2.45) is 5.92 Å².